The van der Waals surface area contributed by atoms with Gasteiger partial charge in [-0.05, 0) is 43.3 Å². The lowest BCUT2D eigenvalue weighted by Crippen LogP contribution is -2.25. The Hall–Kier alpha value is -3.30. The average Bonchev–Trinajstić information content (AvgIpc) is 3.19. The fourth-order valence-electron chi connectivity index (χ4n) is 3.01. The molecule has 0 unspecified atom stereocenters. The maximum atomic E-state index is 13.3. The van der Waals surface area contributed by atoms with Crippen molar-refractivity contribution in [1.82, 2.24) is 9.78 Å². The predicted octanol–water partition coefficient (Wildman–Crippen LogP) is 4.64. The molecule has 0 atom stereocenters. The van der Waals surface area contributed by atoms with E-state index in [4.69, 9.17) is 4.74 Å². The second-order valence-electron chi connectivity index (χ2n) is 6.44. The molecule has 0 radical (unpaired) electrons. The van der Waals surface area contributed by atoms with Gasteiger partial charge in [-0.15, -0.1) is 11.3 Å². The second kappa shape index (κ2) is 8.83. The number of nitrogens with one attached hydrogen (secondary N) is 1. The zero-order valence-corrected chi connectivity index (χ0v) is 18.7. The number of benzene rings is 2. The van der Waals surface area contributed by atoms with Crippen LogP contribution >= 0.6 is 27.3 Å². The number of aromatic nitrogens is 2. The molecule has 4 rings (SSSR count). The summed E-state index contributed by atoms with van der Waals surface area (Å²) >= 11 is 4.52. The lowest BCUT2D eigenvalue weighted by atomic mass is 10.2. The second-order valence-corrected chi connectivity index (χ2v) is 8.23. The van der Waals surface area contributed by atoms with Crippen LogP contribution in [-0.4, -0.2) is 28.3 Å². The molecule has 0 fully saturated rings. The number of esters is 1. The summed E-state index contributed by atoms with van der Waals surface area (Å²) in [6, 6.07) is 15.6. The van der Waals surface area contributed by atoms with Gasteiger partial charge in [0, 0.05) is 20.8 Å². The SMILES string of the molecule is CCOC(=O)c1nn(-c2ccc(Br)cc2)c(=O)c2c(NC(=O)c3ccccc3)scc12. The first kappa shape index (κ1) is 21.0. The highest BCUT2D eigenvalue weighted by Gasteiger charge is 2.23. The highest BCUT2D eigenvalue weighted by atomic mass is 79.9. The van der Waals surface area contributed by atoms with Gasteiger partial charge in [0.2, 0.25) is 0 Å². The molecular weight excluding hydrogens is 482 g/mol. The molecule has 1 amide bonds. The molecule has 1 N–H and O–H groups in total. The Kier molecular flexibility index (Phi) is 5.97. The summed E-state index contributed by atoms with van der Waals surface area (Å²) in [5, 5.41) is 9.57. The summed E-state index contributed by atoms with van der Waals surface area (Å²) in [4.78, 5) is 38.6. The van der Waals surface area contributed by atoms with E-state index < -0.39 is 11.5 Å². The Balaban J connectivity index is 1.89. The molecule has 0 saturated carbocycles. The summed E-state index contributed by atoms with van der Waals surface area (Å²) < 4.78 is 7.12. The van der Waals surface area contributed by atoms with Gasteiger partial charge in [-0.1, -0.05) is 34.1 Å². The summed E-state index contributed by atoms with van der Waals surface area (Å²) in [6.45, 7) is 1.86. The van der Waals surface area contributed by atoms with Crippen LogP contribution in [0.15, 0.2) is 69.2 Å². The molecule has 0 bridgehead atoms. The van der Waals surface area contributed by atoms with Crippen molar-refractivity contribution in [3.05, 3.63) is 86.1 Å². The van der Waals surface area contributed by atoms with Gasteiger partial charge in [0.05, 0.1) is 17.7 Å². The van der Waals surface area contributed by atoms with Gasteiger partial charge in [-0.2, -0.15) is 9.78 Å². The molecule has 0 saturated heterocycles. The van der Waals surface area contributed by atoms with Crippen LogP contribution in [0.5, 0.6) is 0 Å². The summed E-state index contributed by atoms with van der Waals surface area (Å²) in [7, 11) is 0. The molecular formula is C22H16BrN3O4S. The van der Waals surface area contributed by atoms with Gasteiger partial charge < -0.3 is 10.1 Å². The van der Waals surface area contributed by atoms with Crippen molar-refractivity contribution < 1.29 is 14.3 Å². The minimum absolute atomic E-state index is 0.0100. The van der Waals surface area contributed by atoms with E-state index in [9.17, 15) is 14.4 Å². The molecule has 4 aromatic rings. The van der Waals surface area contributed by atoms with E-state index in [2.05, 4.69) is 26.3 Å². The van der Waals surface area contributed by atoms with Crippen molar-refractivity contribution in [2.24, 2.45) is 0 Å². The third-order valence-corrected chi connectivity index (χ3v) is 5.88. The molecule has 2 heterocycles. The fourth-order valence-corrected chi connectivity index (χ4v) is 4.21. The third kappa shape index (κ3) is 4.14. The number of thiophene rings is 1. The minimum atomic E-state index is -0.642. The Labute approximate surface area is 189 Å². The Morgan fingerprint density at radius 3 is 2.52 bits per heavy atom. The van der Waals surface area contributed by atoms with Crippen LogP contribution in [0.2, 0.25) is 0 Å². The quantitative estimate of drug-likeness (QED) is 0.405. The standard InChI is InChI=1S/C22H16BrN3O4S/c1-2-30-22(29)18-16-12-31-20(24-19(27)13-6-4-3-5-7-13)17(16)21(28)26(25-18)15-10-8-14(23)9-11-15/h3-12H,2H2,1H3,(H,24,27). The number of carbonyl (C=O) groups is 2. The van der Waals surface area contributed by atoms with Gasteiger partial charge in [-0.25, -0.2) is 4.79 Å². The van der Waals surface area contributed by atoms with Gasteiger partial charge >= 0.3 is 5.97 Å². The van der Waals surface area contributed by atoms with Crippen LogP contribution in [0.3, 0.4) is 0 Å². The first-order valence-electron chi connectivity index (χ1n) is 9.33. The van der Waals surface area contributed by atoms with E-state index in [1.165, 1.54) is 0 Å². The number of anilines is 1. The van der Waals surface area contributed by atoms with Crippen LogP contribution in [0, 0.1) is 0 Å². The summed E-state index contributed by atoms with van der Waals surface area (Å²) in [6.07, 6.45) is 0. The van der Waals surface area contributed by atoms with Crippen molar-refractivity contribution in [2.75, 3.05) is 11.9 Å². The summed E-state index contributed by atoms with van der Waals surface area (Å²) in [5.74, 6) is -0.995. The van der Waals surface area contributed by atoms with Crippen molar-refractivity contribution in [1.29, 1.82) is 0 Å². The number of ether oxygens (including phenoxy) is 1. The van der Waals surface area contributed by atoms with E-state index in [-0.39, 0.29) is 23.6 Å². The van der Waals surface area contributed by atoms with Crippen LogP contribution < -0.4 is 10.9 Å². The van der Waals surface area contributed by atoms with Crippen molar-refractivity contribution in [3.63, 3.8) is 0 Å². The van der Waals surface area contributed by atoms with Crippen molar-refractivity contribution in [2.45, 2.75) is 6.92 Å². The highest BCUT2D eigenvalue weighted by Crippen LogP contribution is 2.31. The van der Waals surface area contributed by atoms with Gasteiger partial charge in [-0.3, -0.25) is 9.59 Å². The van der Waals surface area contributed by atoms with Crippen molar-refractivity contribution >= 4 is 54.9 Å². The molecule has 2 aromatic heterocycles. The van der Waals surface area contributed by atoms with Crippen LogP contribution in [0.1, 0.15) is 27.8 Å². The monoisotopic (exact) mass is 497 g/mol. The largest absolute Gasteiger partial charge is 0.461 e. The molecule has 0 aliphatic carbocycles. The first-order chi connectivity index (χ1) is 15.0. The lowest BCUT2D eigenvalue weighted by Gasteiger charge is -2.10. The number of hydrogen-bond acceptors (Lipinski definition) is 6. The van der Waals surface area contributed by atoms with Crippen LogP contribution in [0.4, 0.5) is 5.00 Å². The number of halogens is 1. The van der Waals surface area contributed by atoms with Gasteiger partial charge in [0.15, 0.2) is 5.69 Å². The van der Waals surface area contributed by atoms with Crippen LogP contribution in [-0.2, 0) is 4.74 Å². The Morgan fingerprint density at radius 1 is 1.13 bits per heavy atom. The van der Waals surface area contributed by atoms with E-state index in [0.29, 0.717) is 21.6 Å². The van der Waals surface area contributed by atoms with Crippen molar-refractivity contribution in [3.8, 4) is 5.69 Å². The molecule has 2 aromatic carbocycles. The van der Waals surface area contributed by atoms with E-state index in [1.54, 1.807) is 60.8 Å². The van der Waals surface area contributed by atoms with E-state index in [0.717, 1.165) is 20.5 Å². The molecule has 0 aliphatic heterocycles. The minimum Gasteiger partial charge on any atom is -0.461 e. The molecule has 9 heteroatoms. The lowest BCUT2D eigenvalue weighted by molar-refractivity contribution is 0.0520. The predicted molar refractivity (Wildman–Crippen MR) is 123 cm³/mol. The topological polar surface area (TPSA) is 90.3 Å². The van der Waals surface area contributed by atoms with Gasteiger partial charge in [0.25, 0.3) is 11.5 Å². The maximum Gasteiger partial charge on any atom is 0.359 e. The van der Waals surface area contributed by atoms with E-state index in [1.807, 2.05) is 6.07 Å². The summed E-state index contributed by atoms with van der Waals surface area (Å²) in [5.41, 5.74) is 0.495. The third-order valence-electron chi connectivity index (χ3n) is 4.46. The Bertz CT molecular complexity index is 1330. The van der Waals surface area contributed by atoms with E-state index >= 15 is 0 Å². The molecule has 0 aliphatic rings. The zero-order chi connectivity index (χ0) is 22.0. The maximum absolute atomic E-state index is 13.3. The number of hydrogen-bond donors (Lipinski definition) is 1. The number of fused-ring (bicyclic) bond motifs is 1. The Morgan fingerprint density at radius 2 is 1.84 bits per heavy atom. The number of rotatable bonds is 5. The molecule has 156 valence electrons. The highest BCUT2D eigenvalue weighted by molar-refractivity contribution is 9.10. The smallest absolute Gasteiger partial charge is 0.359 e. The average molecular weight is 498 g/mol. The number of nitrogens with zero attached hydrogens (tertiary/aromatic N) is 2. The number of amides is 1. The fraction of sp³-hybridized carbons (Fsp3) is 0.0909. The zero-order valence-electron chi connectivity index (χ0n) is 16.3. The first-order valence-corrected chi connectivity index (χ1v) is 11.0. The van der Waals surface area contributed by atoms with Crippen LogP contribution in [0.25, 0.3) is 16.5 Å². The molecule has 31 heavy (non-hydrogen) atoms. The molecule has 0 spiro atoms. The number of carbonyl (C=O) groups excluding carboxylic acids is 2. The normalized spacial score (nSPS) is 10.8. The molecule has 7 nitrogen and oxygen atoms in total. The van der Waals surface area contributed by atoms with Gasteiger partial charge in [0.1, 0.15) is 5.00 Å².